The zero-order valence-corrected chi connectivity index (χ0v) is 16.1. The topological polar surface area (TPSA) is 55.8 Å². The van der Waals surface area contributed by atoms with E-state index >= 15 is 0 Å². The van der Waals surface area contributed by atoms with Gasteiger partial charge >= 0.3 is 5.97 Å². The number of carbonyl (C=O) groups is 1. The molecule has 4 rings (SSSR count). The lowest BCUT2D eigenvalue weighted by Gasteiger charge is -2.23. The number of aliphatic carboxylic acids is 1. The van der Waals surface area contributed by atoms with E-state index in [1.165, 1.54) is 16.7 Å². The second kappa shape index (κ2) is 6.59. The summed E-state index contributed by atoms with van der Waals surface area (Å²) in [5.74, 6) is 0.659. The minimum atomic E-state index is -0.797. The molecule has 27 heavy (non-hydrogen) atoms. The smallest absolute Gasteiger partial charge is 0.304 e. The van der Waals surface area contributed by atoms with Crippen LogP contribution in [0.3, 0.4) is 0 Å². The second-order valence-electron chi connectivity index (χ2n) is 8.57. The van der Waals surface area contributed by atoms with Gasteiger partial charge in [0.15, 0.2) is 0 Å². The number of carboxylic acid groups (broad SMARTS) is 1. The van der Waals surface area contributed by atoms with Crippen LogP contribution in [0.2, 0.25) is 0 Å². The van der Waals surface area contributed by atoms with Crippen molar-refractivity contribution in [3.63, 3.8) is 0 Å². The van der Waals surface area contributed by atoms with Gasteiger partial charge in [0.2, 0.25) is 0 Å². The van der Waals surface area contributed by atoms with Crippen molar-refractivity contribution in [1.29, 1.82) is 0 Å². The predicted octanol–water partition coefficient (Wildman–Crippen LogP) is 5.00. The molecule has 142 valence electrons. The number of benzene rings is 2. The third-order valence-electron chi connectivity index (χ3n) is 5.59. The molecule has 1 aliphatic carbocycles. The maximum atomic E-state index is 11.0. The van der Waals surface area contributed by atoms with E-state index in [-0.39, 0.29) is 23.9 Å². The molecule has 2 atom stereocenters. The van der Waals surface area contributed by atoms with E-state index < -0.39 is 5.97 Å². The van der Waals surface area contributed by atoms with Crippen molar-refractivity contribution in [3.8, 4) is 11.5 Å². The lowest BCUT2D eigenvalue weighted by Crippen LogP contribution is -2.14. The van der Waals surface area contributed by atoms with Crippen LogP contribution in [0.1, 0.15) is 67.9 Å². The van der Waals surface area contributed by atoms with Gasteiger partial charge in [0, 0.05) is 17.5 Å². The normalized spacial score (nSPS) is 20.7. The third-order valence-corrected chi connectivity index (χ3v) is 5.59. The molecule has 4 nitrogen and oxygen atoms in total. The van der Waals surface area contributed by atoms with Crippen molar-refractivity contribution in [2.24, 2.45) is 0 Å². The van der Waals surface area contributed by atoms with Gasteiger partial charge in [-0.1, -0.05) is 45.0 Å². The summed E-state index contributed by atoms with van der Waals surface area (Å²) >= 11 is 0. The summed E-state index contributed by atoms with van der Waals surface area (Å²) in [6, 6.07) is 12.3. The summed E-state index contributed by atoms with van der Waals surface area (Å²) in [5.41, 5.74) is 5.20. The third kappa shape index (κ3) is 3.41. The van der Waals surface area contributed by atoms with Crippen molar-refractivity contribution in [2.75, 3.05) is 6.61 Å². The average molecular weight is 366 g/mol. The van der Waals surface area contributed by atoms with Gasteiger partial charge in [-0.25, -0.2) is 0 Å². The molecule has 2 aromatic carbocycles. The number of hydrogen-bond acceptors (Lipinski definition) is 3. The number of fused-ring (bicyclic) bond motifs is 2. The van der Waals surface area contributed by atoms with Gasteiger partial charge in [-0.2, -0.15) is 0 Å². The Morgan fingerprint density at radius 3 is 2.78 bits per heavy atom. The number of carboxylic acids is 1. The van der Waals surface area contributed by atoms with Gasteiger partial charge in [0.05, 0.1) is 13.0 Å². The van der Waals surface area contributed by atoms with E-state index in [1.54, 1.807) is 0 Å². The summed E-state index contributed by atoms with van der Waals surface area (Å²) in [4.78, 5) is 11.0. The Balaban J connectivity index is 1.55. The first kappa shape index (κ1) is 17.9. The largest absolute Gasteiger partial charge is 0.492 e. The summed E-state index contributed by atoms with van der Waals surface area (Å²) in [7, 11) is 0. The Labute approximate surface area is 160 Å². The fraction of sp³-hybridized carbons (Fsp3) is 0.435. The number of rotatable bonds is 4. The van der Waals surface area contributed by atoms with Crippen molar-refractivity contribution >= 4 is 5.97 Å². The molecule has 4 heteroatoms. The minimum Gasteiger partial charge on any atom is -0.492 e. The van der Waals surface area contributed by atoms with Crippen LogP contribution in [-0.4, -0.2) is 17.7 Å². The van der Waals surface area contributed by atoms with Crippen molar-refractivity contribution in [2.45, 2.75) is 57.5 Å². The van der Waals surface area contributed by atoms with Crippen LogP contribution in [0.5, 0.6) is 11.5 Å². The first-order chi connectivity index (χ1) is 12.8. The molecule has 2 aromatic rings. The average Bonchev–Trinajstić information content (AvgIpc) is 3.18. The first-order valence-corrected chi connectivity index (χ1v) is 9.60. The maximum Gasteiger partial charge on any atom is 0.304 e. The minimum absolute atomic E-state index is 0.0524. The standard InChI is InChI=1S/C23H26O4/c1-23(2,3)19-6-4-5-18-17(19)9-10-20(18)27-15-7-8-16-14(11-22(24)25)13-26-21(16)12-15/h4-8,12,14,20H,9-11,13H2,1-3H3,(H,24,25). The SMILES string of the molecule is CC(C)(C)c1cccc2c1CCC2Oc1ccc2c(c1)OCC2CC(=O)O. The molecule has 0 saturated carbocycles. The molecule has 0 bridgehead atoms. The van der Waals surface area contributed by atoms with E-state index in [1.807, 2.05) is 18.2 Å². The maximum absolute atomic E-state index is 11.0. The number of ether oxygens (including phenoxy) is 2. The highest BCUT2D eigenvalue weighted by Crippen LogP contribution is 2.42. The monoisotopic (exact) mass is 366 g/mol. The molecule has 0 saturated heterocycles. The summed E-state index contributed by atoms with van der Waals surface area (Å²) in [5, 5.41) is 9.04. The molecule has 0 fully saturated rings. The highest BCUT2D eigenvalue weighted by atomic mass is 16.5. The molecule has 2 aliphatic rings. The highest BCUT2D eigenvalue weighted by molar-refractivity contribution is 5.68. The molecular formula is C23H26O4. The number of hydrogen-bond donors (Lipinski definition) is 1. The van der Waals surface area contributed by atoms with Gasteiger partial charge < -0.3 is 14.6 Å². The van der Waals surface area contributed by atoms with Crippen molar-refractivity contribution in [3.05, 3.63) is 58.7 Å². The van der Waals surface area contributed by atoms with Gasteiger partial charge in [0.25, 0.3) is 0 Å². The molecule has 0 aromatic heterocycles. The van der Waals surface area contributed by atoms with Crippen molar-refractivity contribution < 1.29 is 19.4 Å². The Bertz CT molecular complexity index is 878. The van der Waals surface area contributed by atoms with Gasteiger partial charge in [-0.05, 0) is 41.0 Å². The van der Waals surface area contributed by atoms with E-state index in [0.29, 0.717) is 6.61 Å². The Morgan fingerprint density at radius 2 is 2.04 bits per heavy atom. The van der Waals surface area contributed by atoms with Gasteiger partial charge in [-0.15, -0.1) is 0 Å². The molecule has 0 spiro atoms. The van der Waals surface area contributed by atoms with E-state index in [4.69, 9.17) is 14.6 Å². The summed E-state index contributed by atoms with van der Waals surface area (Å²) < 4.78 is 12.0. The van der Waals surface area contributed by atoms with Crippen LogP contribution in [-0.2, 0) is 16.6 Å². The Hall–Kier alpha value is -2.49. The second-order valence-corrected chi connectivity index (χ2v) is 8.57. The van der Waals surface area contributed by atoms with Crippen LogP contribution in [0.15, 0.2) is 36.4 Å². The molecule has 1 N–H and O–H groups in total. The van der Waals surface area contributed by atoms with Crippen LogP contribution >= 0.6 is 0 Å². The van der Waals surface area contributed by atoms with E-state index in [2.05, 4.69) is 39.0 Å². The molecule has 1 heterocycles. The summed E-state index contributed by atoms with van der Waals surface area (Å²) in [6.07, 6.45) is 2.16. The quantitative estimate of drug-likeness (QED) is 0.827. The van der Waals surface area contributed by atoms with E-state index in [0.717, 1.165) is 29.9 Å². The summed E-state index contributed by atoms with van der Waals surface area (Å²) in [6.45, 7) is 7.18. The Morgan fingerprint density at radius 1 is 1.22 bits per heavy atom. The molecule has 2 unspecified atom stereocenters. The van der Waals surface area contributed by atoms with Gasteiger partial charge in [-0.3, -0.25) is 4.79 Å². The van der Waals surface area contributed by atoms with Crippen molar-refractivity contribution in [1.82, 2.24) is 0 Å². The van der Waals surface area contributed by atoms with Crippen LogP contribution < -0.4 is 9.47 Å². The first-order valence-electron chi connectivity index (χ1n) is 9.60. The van der Waals surface area contributed by atoms with Crippen LogP contribution in [0.4, 0.5) is 0 Å². The lowest BCUT2D eigenvalue weighted by atomic mass is 9.82. The molecule has 1 aliphatic heterocycles. The highest BCUT2D eigenvalue weighted by Gasteiger charge is 2.31. The zero-order chi connectivity index (χ0) is 19.2. The van der Waals surface area contributed by atoms with Crippen LogP contribution in [0, 0.1) is 0 Å². The van der Waals surface area contributed by atoms with Crippen LogP contribution in [0.25, 0.3) is 0 Å². The molecule has 0 radical (unpaired) electrons. The lowest BCUT2D eigenvalue weighted by molar-refractivity contribution is -0.137. The van der Waals surface area contributed by atoms with Gasteiger partial charge in [0.1, 0.15) is 17.6 Å². The fourth-order valence-corrected chi connectivity index (χ4v) is 4.32. The molecular weight excluding hydrogens is 340 g/mol. The fourth-order valence-electron chi connectivity index (χ4n) is 4.32. The van der Waals surface area contributed by atoms with E-state index in [9.17, 15) is 4.79 Å². The molecule has 0 amide bonds. The Kier molecular flexibility index (Phi) is 4.37. The predicted molar refractivity (Wildman–Crippen MR) is 104 cm³/mol. The zero-order valence-electron chi connectivity index (χ0n) is 16.1.